The Morgan fingerprint density at radius 1 is 1.21 bits per heavy atom. The maximum absolute atomic E-state index is 13.3. The van der Waals surface area contributed by atoms with Gasteiger partial charge < -0.3 is 39.5 Å². The summed E-state index contributed by atoms with van der Waals surface area (Å²) in [5.74, 6) is -0.934. The monoisotopic (exact) mass is 676 g/mol. The Bertz CT molecular complexity index is 1170. The zero-order chi connectivity index (χ0) is 35.2. The van der Waals surface area contributed by atoms with Gasteiger partial charge in [0.1, 0.15) is 11.7 Å². The first kappa shape index (κ1) is 38.5. The highest BCUT2D eigenvalue weighted by Crippen LogP contribution is 2.37. The second kappa shape index (κ2) is 16.6. The number of aliphatic hydroxyl groups is 4. The van der Waals surface area contributed by atoms with Gasteiger partial charge in [-0.3, -0.25) is 9.69 Å². The minimum absolute atomic E-state index is 0.00934. The van der Waals surface area contributed by atoms with E-state index in [4.69, 9.17) is 14.2 Å². The lowest BCUT2D eigenvalue weighted by Gasteiger charge is -2.43. The molecule has 11 heteroatoms. The highest BCUT2D eigenvalue weighted by molar-refractivity contribution is 5.70. The molecule has 0 radical (unpaired) electrons. The first-order valence-corrected chi connectivity index (χ1v) is 18.0. The van der Waals surface area contributed by atoms with Crippen molar-refractivity contribution < 1.29 is 44.2 Å². The summed E-state index contributed by atoms with van der Waals surface area (Å²) < 4.78 is 17.5. The molecule has 1 amide bonds. The lowest BCUT2D eigenvalue weighted by molar-refractivity contribution is -0.151. The van der Waals surface area contributed by atoms with E-state index in [1.165, 1.54) is 19.3 Å². The standard InChI is InChI=1S/C37H60N2O9/c1-7-29(41)26(4)34-30(46-34)23-36(5,44)16-9-10-24(2)33-25(3)13-14-31(37(6,45)17-15-28(40)22-32(42)48-33)47-35(43)39-20-18-38(19-21-39)27-11-8-12-27/h9-10,13-14,16,25-31,33-34,40-41,44-45H,7-8,11-12,15,17-23H2,1-6H3/b14-13+,16-9+,24-10+. The van der Waals surface area contributed by atoms with Crippen LogP contribution in [-0.2, 0) is 19.0 Å². The molecule has 4 aliphatic rings. The van der Waals surface area contributed by atoms with Gasteiger partial charge in [0.25, 0.3) is 0 Å². The van der Waals surface area contributed by atoms with E-state index in [-0.39, 0.29) is 43.3 Å². The molecule has 10 atom stereocenters. The Labute approximate surface area is 286 Å². The SMILES string of the molecule is CCC(O)C(C)C1OC1CC(C)(O)/C=C/C=C(\C)C1OC(=O)CC(O)CCC(C)(O)C(OC(=O)N2CCN(C3CCC3)CC2)/C=C/C1C. The Kier molecular flexibility index (Phi) is 13.3. The van der Waals surface area contributed by atoms with Gasteiger partial charge in [-0.2, -0.15) is 0 Å². The number of epoxide rings is 1. The number of amides is 1. The van der Waals surface area contributed by atoms with Crippen LogP contribution in [0.2, 0.25) is 0 Å². The molecule has 3 aliphatic heterocycles. The van der Waals surface area contributed by atoms with Gasteiger partial charge in [-0.05, 0) is 64.5 Å². The second-order valence-corrected chi connectivity index (χ2v) is 15.1. The van der Waals surface area contributed by atoms with Crippen LogP contribution in [0.1, 0.15) is 92.9 Å². The minimum atomic E-state index is -1.48. The second-order valence-electron chi connectivity index (χ2n) is 15.1. The Morgan fingerprint density at radius 2 is 1.90 bits per heavy atom. The van der Waals surface area contributed by atoms with Gasteiger partial charge in [0, 0.05) is 50.5 Å². The number of carbonyl (C=O) groups excluding carboxylic acids is 2. The summed E-state index contributed by atoms with van der Waals surface area (Å²) in [5, 5.41) is 43.3. The predicted octanol–water partition coefficient (Wildman–Crippen LogP) is 3.88. The van der Waals surface area contributed by atoms with Gasteiger partial charge in [0.05, 0.1) is 36.4 Å². The van der Waals surface area contributed by atoms with Gasteiger partial charge in [0.2, 0.25) is 0 Å². The lowest BCUT2D eigenvalue weighted by atomic mass is 9.88. The molecule has 2 saturated heterocycles. The van der Waals surface area contributed by atoms with Crippen LogP contribution in [-0.4, -0.2) is 122 Å². The van der Waals surface area contributed by atoms with E-state index in [9.17, 15) is 30.0 Å². The van der Waals surface area contributed by atoms with Gasteiger partial charge in [-0.25, -0.2) is 4.79 Å². The van der Waals surface area contributed by atoms with E-state index in [2.05, 4.69) is 4.90 Å². The fourth-order valence-electron chi connectivity index (χ4n) is 7.01. The Balaban J connectivity index is 1.43. The summed E-state index contributed by atoms with van der Waals surface area (Å²) in [6, 6.07) is 0.620. The molecule has 3 fully saturated rings. The molecule has 3 heterocycles. The average molecular weight is 677 g/mol. The zero-order valence-corrected chi connectivity index (χ0v) is 29.8. The number of nitrogens with zero attached hydrogens (tertiary/aromatic N) is 2. The lowest BCUT2D eigenvalue weighted by Crippen LogP contribution is -2.54. The van der Waals surface area contributed by atoms with Crippen LogP contribution >= 0.6 is 0 Å². The number of rotatable bonds is 10. The van der Waals surface area contributed by atoms with Crippen molar-refractivity contribution in [2.24, 2.45) is 11.8 Å². The maximum atomic E-state index is 13.3. The first-order valence-electron chi connectivity index (χ1n) is 18.0. The Hall–Kier alpha value is -2.28. The highest BCUT2D eigenvalue weighted by Gasteiger charge is 2.47. The number of hydrogen-bond acceptors (Lipinski definition) is 10. The number of hydrogen-bond donors (Lipinski definition) is 4. The van der Waals surface area contributed by atoms with E-state index < -0.39 is 47.7 Å². The van der Waals surface area contributed by atoms with Crippen molar-refractivity contribution in [3.63, 3.8) is 0 Å². The number of cyclic esters (lactones) is 1. The summed E-state index contributed by atoms with van der Waals surface area (Å²) in [5.41, 5.74) is -1.92. The topological polar surface area (TPSA) is 153 Å². The van der Waals surface area contributed by atoms with E-state index in [1.807, 2.05) is 27.7 Å². The molecule has 10 unspecified atom stereocenters. The number of esters is 1. The quantitative estimate of drug-likeness (QED) is 0.116. The smallest absolute Gasteiger partial charge is 0.410 e. The van der Waals surface area contributed by atoms with Gasteiger partial charge in [0.15, 0.2) is 6.10 Å². The maximum Gasteiger partial charge on any atom is 0.410 e. The summed E-state index contributed by atoms with van der Waals surface area (Å²) in [6.45, 7) is 13.6. The fourth-order valence-corrected chi connectivity index (χ4v) is 7.01. The molecule has 4 N–H and O–H groups in total. The number of ether oxygens (including phenoxy) is 3. The van der Waals surface area contributed by atoms with Crippen LogP contribution in [0.4, 0.5) is 4.79 Å². The van der Waals surface area contributed by atoms with E-state index in [1.54, 1.807) is 49.1 Å². The van der Waals surface area contributed by atoms with Gasteiger partial charge in [-0.15, -0.1) is 0 Å². The van der Waals surface area contributed by atoms with Crippen LogP contribution in [0.25, 0.3) is 0 Å². The molecule has 0 bridgehead atoms. The van der Waals surface area contributed by atoms with Crippen LogP contribution < -0.4 is 0 Å². The molecular weight excluding hydrogens is 616 g/mol. The number of piperazine rings is 1. The molecule has 0 aromatic rings. The molecule has 4 rings (SSSR count). The Morgan fingerprint density at radius 3 is 2.52 bits per heavy atom. The van der Waals surface area contributed by atoms with Crippen molar-refractivity contribution in [1.82, 2.24) is 9.80 Å². The van der Waals surface area contributed by atoms with Crippen LogP contribution in [0.3, 0.4) is 0 Å². The van der Waals surface area contributed by atoms with Gasteiger partial charge in [-0.1, -0.05) is 51.5 Å². The van der Waals surface area contributed by atoms with Crippen molar-refractivity contribution >= 4 is 12.1 Å². The molecule has 11 nitrogen and oxygen atoms in total. The largest absolute Gasteiger partial charge is 0.457 e. The first-order chi connectivity index (χ1) is 22.6. The van der Waals surface area contributed by atoms with Crippen molar-refractivity contribution in [2.75, 3.05) is 26.2 Å². The molecule has 0 aromatic heterocycles. The van der Waals surface area contributed by atoms with Crippen molar-refractivity contribution in [3.8, 4) is 0 Å². The van der Waals surface area contributed by atoms with E-state index >= 15 is 0 Å². The van der Waals surface area contributed by atoms with Crippen molar-refractivity contribution in [2.45, 2.75) is 147 Å². The van der Waals surface area contributed by atoms with E-state index in [0.29, 0.717) is 37.5 Å². The molecular formula is C37H60N2O9. The molecule has 1 aliphatic carbocycles. The normalized spacial score (nSPS) is 36.2. The molecule has 1 saturated carbocycles. The van der Waals surface area contributed by atoms with Gasteiger partial charge >= 0.3 is 12.1 Å². The summed E-state index contributed by atoms with van der Waals surface area (Å²) in [4.78, 5) is 30.3. The summed E-state index contributed by atoms with van der Waals surface area (Å²) >= 11 is 0. The average Bonchev–Trinajstić information content (AvgIpc) is 3.76. The van der Waals surface area contributed by atoms with Crippen molar-refractivity contribution in [1.29, 1.82) is 0 Å². The number of aliphatic hydroxyl groups excluding tert-OH is 2. The molecule has 0 aromatic carbocycles. The molecule has 0 spiro atoms. The predicted molar refractivity (Wildman–Crippen MR) is 182 cm³/mol. The highest BCUT2D eigenvalue weighted by atomic mass is 16.6. The van der Waals surface area contributed by atoms with E-state index in [0.717, 1.165) is 13.1 Å². The zero-order valence-electron chi connectivity index (χ0n) is 29.8. The van der Waals surface area contributed by atoms with Crippen molar-refractivity contribution in [3.05, 3.63) is 36.0 Å². The summed E-state index contributed by atoms with van der Waals surface area (Å²) in [6.07, 6.45) is 9.53. The van der Waals surface area contributed by atoms with Crippen LogP contribution in [0.15, 0.2) is 36.0 Å². The third kappa shape index (κ3) is 10.6. The minimum Gasteiger partial charge on any atom is -0.457 e. The fraction of sp³-hybridized carbons (Fsp3) is 0.784. The molecule has 272 valence electrons. The van der Waals surface area contributed by atoms with Crippen LogP contribution in [0.5, 0.6) is 0 Å². The third-order valence-electron chi connectivity index (χ3n) is 10.8. The third-order valence-corrected chi connectivity index (χ3v) is 10.8. The number of carbonyl (C=O) groups is 2. The number of allylic oxidation sites excluding steroid dienone is 2. The molecule has 48 heavy (non-hydrogen) atoms. The summed E-state index contributed by atoms with van der Waals surface area (Å²) in [7, 11) is 0. The van der Waals surface area contributed by atoms with Crippen LogP contribution in [0, 0.1) is 11.8 Å².